The van der Waals surface area contributed by atoms with E-state index in [-0.39, 0.29) is 0 Å². The topological polar surface area (TPSA) is 35.2 Å². The fraction of sp³-hybridized carbons (Fsp3) is 0.714. The van der Waals surface area contributed by atoms with E-state index in [1.165, 1.54) is 38.5 Å². The van der Waals surface area contributed by atoms with E-state index in [4.69, 9.17) is 10.5 Å². The van der Waals surface area contributed by atoms with Gasteiger partial charge in [-0.1, -0.05) is 44.9 Å². The summed E-state index contributed by atoms with van der Waals surface area (Å²) in [4.78, 5) is 0. The molecule has 4 atom stereocenters. The Morgan fingerprint density at radius 2 is 2.09 bits per heavy atom. The van der Waals surface area contributed by atoms with E-state index in [0.29, 0.717) is 11.5 Å². The van der Waals surface area contributed by atoms with Crippen molar-refractivity contribution >= 4 is 0 Å². The van der Waals surface area contributed by atoms with Crippen LogP contribution in [0.3, 0.4) is 0 Å². The molecule has 2 aliphatic carbocycles. The average molecular weight is 318 g/mol. The Morgan fingerprint density at radius 1 is 1.35 bits per heavy atom. The van der Waals surface area contributed by atoms with Crippen molar-refractivity contribution in [3.05, 3.63) is 35.8 Å². The summed E-state index contributed by atoms with van der Waals surface area (Å²) in [5.41, 5.74) is 8.34. The van der Waals surface area contributed by atoms with Gasteiger partial charge in [-0.25, -0.2) is 0 Å². The van der Waals surface area contributed by atoms with Gasteiger partial charge in [0.1, 0.15) is 5.76 Å². The lowest BCUT2D eigenvalue weighted by Gasteiger charge is -2.52. The first-order valence-electron chi connectivity index (χ1n) is 9.36. The molecule has 0 aromatic carbocycles. The van der Waals surface area contributed by atoms with E-state index in [2.05, 4.69) is 20.4 Å². The SMILES string of the molecule is C=C(C)/C=C(OC1CCC2(C)C(CC)CCCC2C1)\C(N)=C/C. The standard InChI is InChI=1S/C21H35NO/c1-6-16-9-8-10-17-14-18(11-12-21(16,17)5)23-20(13-15(3)4)19(22)7-2/h7,13,16-18H,3,6,8-12,14,22H2,1-2,4-5H3/b19-7+,20-13+. The first-order valence-corrected chi connectivity index (χ1v) is 9.36. The van der Waals surface area contributed by atoms with Crippen LogP contribution in [0.1, 0.15) is 72.6 Å². The first kappa shape index (κ1) is 18.2. The molecule has 0 spiro atoms. The van der Waals surface area contributed by atoms with Crippen molar-refractivity contribution in [2.45, 2.75) is 78.7 Å². The van der Waals surface area contributed by atoms with Crippen LogP contribution < -0.4 is 5.73 Å². The van der Waals surface area contributed by atoms with E-state index in [1.807, 2.05) is 26.0 Å². The van der Waals surface area contributed by atoms with Crippen LogP contribution in [0.2, 0.25) is 0 Å². The van der Waals surface area contributed by atoms with Gasteiger partial charge in [0, 0.05) is 0 Å². The van der Waals surface area contributed by atoms with Gasteiger partial charge in [0.2, 0.25) is 0 Å². The molecular weight excluding hydrogens is 282 g/mol. The Labute approximate surface area is 142 Å². The maximum absolute atomic E-state index is 6.32. The minimum Gasteiger partial charge on any atom is -0.488 e. The van der Waals surface area contributed by atoms with Crippen molar-refractivity contribution in [2.75, 3.05) is 0 Å². The molecule has 0 amide bonds. The number of ether oxygens (including phenoxy) is 1. The number of allylic oxidation sites excluding steroid dienone is 3. The first-order chi connectivity index (χ1) is 10.9. The summed E-state index contributed by atoms with van der Waals surface area (Å²) in [6.45, 7) is 12.8. The van der Waals surface area contributed by atoms with Gasteiger partial charge in [0.15, 0.2) is 0 Å². The molecule has 2 saturated carbocycles. The number of fused-ring (bicyclic) bond motifs is 1. The molecule has 130 valence electrons. The number of hydrogen-bond acceptors (Lipinski definition) is 2. The van der Waals surface area contributed by atoms with Gasteiger partial charge in [-0.3, -0.25) is 0 Å². The van der Waals surface area contributed by atoms with Crippen molar-refractivity contribution < 1.29 is 4.74 Å². The van der Waals surface area contributed by atoms with E-state index in [0.717, 1.165) is 35.3 Å². The van der Waals surface area contributed by atoms with E-state index in [1.54, 1.807) is 0 Å². The summed E-state index contributed by atoms with van der Waals surface area (Å²) in [6.07, 6.45) is 13.3. The normalized spacial score (nSPS) is 35.6. The van der Waals surface area contributed by atoms with Crippen molar-refractivity contribution in [1.82, 2.24) is 0 Å². The largest absolute Gasteiger partial charge is 0.488 e. The molecule has 0 aromatic rings. The highest BCUT2D eigenvalue weighted by molar-refractivity contribution is 5.29. The van der Waals surface area contributed by atoms with Crippen molar-refractivity contribution in [2.24, 2.45) is 23.0 Å². The Morgan fingerprint density at radius 3 is 2.70 bits per heavy atom. The fourth-order valence-electron chi connectivity index (χ4n) is 4.81. The van der Waals surface area contributed by atoms with Gasteiger partial charge in [-0.05, 0) is 69.3 Å². The highest BCUT2D eigenvalue weighted by Crippen LogP contribution is 2.54. The molecule has 0 heterocycles. The predicted octanol–water partition coefficient (Wildman–Crippen LogP) is 5.71. The molecule has 2 heteroatoms. The molecule has 2 rings (SSSR count). The van der Waals surface area contributed by atoms with Gasteiger partial charge in [0.05, 0.1) is 11.8 Å². The Hall–Kier alpha value is -1.18. The number of hydrogen-bond donors (Lipinski definition) is 1. The summed E-state index contributed by atoms with van der Waals surface area (Å²) in [7, 11) is 0. The van der Waals surface area contributed by atoms with Crippen molar-refractivity contribution in [1.29, 1.82) is 0 Å². The minimum absolute atomic E-state index is 0.299. The van der Waals surface area contributed by atoms with Crippen LogP contribution in [0.25, 0.3) is 0 Å². The van der Waals surface area contributed by atoms with Crippen molar-refractivity contribution in [3.8, 4) is 0 Å². The van der Waals surface area contributed by atoms with Gasteiger partial charge in [-0.15, -0.1) is 0 Å². The lowest BCUT2D eigenvalue weighted by atomic mass is 9.54. The summed E-state index contributed by atoms with van der Waals surface area (Å²) in [6, 6.07) is 0. The van der Waals surface area contributed by atoms with Crippen LogP contribution in [0.15, 0.2) is 35.8 Å². The van der Waals surface area contributed by atoms with E-state index in [9.17, 15) is 0 Å². The summed E-state index contributed by atoms with van der Waals surface area (Å²) < 4.78 is 6.32. The smallest absolute Gasteiger partial charge is 0.142 e. The third-order valence-corrected chi connectivity index (χ3v) is 6.28. The minimum atomic E-state index is 0.299. The molecule has 2 N–H and O–H groups in total. The molecule has 0 aliphatic heterocycles. The van der Waals surface area contributed by atoms with E-state index < -0.39 is 0 Å². The van der Waals surface area contributed by atoms with Crippen LogP contribution >= 0.6 is 0 Å². The third kappa shape index (κ3) is 4.02. The highest BCUT2D eigenvalue weighted by atomic mass is 16.5. The molecule has 0 aromatic heterocycles. The molecule has 2 nitrogen and oxygen atoms in total. The maximum Gasteiger partial charge on any atom is 0.142 e. The van der Waals surface area contributed by atoms with Gasteiger partial charge >= 0.3 is 0 Å². The predicted molar refractivity (Wildman–Crippen MR) is 98.8 cm³/mol. The van der Waals surface area contributed by atoms with Gasteiger partial charge < -0.3 is 10.5 Å². The van der Waals surface area contributed by atoms with Crippen molar-refractivity contribution in [3.63, 3.8) is 0 Å². The van der Waals surface area contributed by atoms with Crippen LogP contribution in [-0.4, -0.2) is 6.10 Å². The van der Waals surface area contributed by atoms with E-state index >= 15 is 0 Å². The second-order valence-electron chi connectivity index (χ2n) is 7.85. The second-order valence-corrected chi connectivity index (χ2v) is 7.85. The molecular formula is C21H35NO. The quantitative estimate of drug-likeness (QED) is 0.520. The average Bonchev–Trinajstić information content (AvgIpc) is 2.52. The third-order valence-electron chi connectivity index (χ3n) is 6.28. The van der Waals surface area contributed by atoms with Crippen LogP contribution in [0.5, 0.6) is 0 Å². The van der Waals surface area contributed by atoms with Crippen LogP contribution in [-0.2, 0) is 4.74 Å². The lowest BCUT2D eigenvalue weighted by molar-refractivity contribution is -0.0555. The molecule has 2 fully saturated rings. The zero-order valence-corrected chi connectivity index (χ0v) is 15.5. The lowest BCUT2D eigenvalue weighted by Crippen LogP contribution is -2.44. The fourth-order valence-corrected chi connectivity index (χ4v) is 4.81. The Kier molecular flexibility index (Phi) is 6.00. The number of nitrogens with two attached hydrogens (primary N) is 1. The zero-order valence-electron chi connectivity index (χ0n) is 15.5. The molecule has 2 aliphatic rings. The Balaban J connectivity index is 2.08. The molecule has 23 heavy (non-hydrogen) atoms. The monoisotopic (exact) mass is 317 g/mol. The maximum atomic E-state index is 6.32. The number of rotatable bonds is 5. The molecule has 4 unspecified atom stereocenters. The zero-order chi connectivity index (χ0) is 17.0. The highest BCUT2D eigenvalue weighted by Gasteiger charge is 2.46. The Bertz CT molecular complexity index is 490. The second kappa shape index (κ2) is 7.59. The molecule has 0 bridgehead atoms. The van der Waals surface area contributed by atoms with Crippen LogP contribution in [0.4, 0.5) is 0 Å². The van der Waals surface area contributed by atoms with Gasteiger partial charge in [-0.2, -0.15) is 0 Å². The summed E-state index contributed by atoms with van der Waals surface area (Å²) >= 11 is 0. The van der Waals surface area contributed by atoms with Crippen LogP contribution in [0, 0.1) is 17.3 Å². The summed E-state index contributed by atoms with van der Waals surface area (Å²) in [5.74, 6) is 2.50. The molecule has 0 saturated heterocycles. The van der Waals surface area contributed by atoms with Gasteiger partial charge in [0.25, 0.3) is 0 Å². The molecule has 0 radical (unpaired) electrons. The summed E-state index contributed by atoms with van der Waals surface area (Å²) in [5, 5.41) is 0.